The molecule has 1 saturated heterocycles. The van der Waals surface area contributed by atoms with Gasteiger partial charge in [-0.3, -0.25) is 0 Å². The molecule has 2 atom stereocenters. The van der Waals surface area contributed by atoms with Crippen LogP contribution in [0.25, 0.3) is 0 Å². The van der Waals surface area contributed by atoms with Crippen LogP contribution < -0.4 is 5.73 Å². The van der Waals surface area contributed by atoms with E-state index in [1.807, 2.05) is 30.3 Å². The summed E-state index contributed by atoms with van der Waals surface area (Å²) in [6, 6.07) is 10.8. The molecular formula is C18H23N3O4S. The summed E-state index contributed by atoms with van der Waals surface area (Å²) in [6.45, 7) is 2.49. The van der Waals surface area contributed by atoms with Gasteiger partial charge in [-0.1, -0.05) is 30.3 Å². The highest BCUT2D eigenvalue weighted by molar-refractivity contribution is 7.89. The molecule has 1 aliphatic heterocycles. The van der Waals surface area contributed by atoms with Crippen molar-refractivity contribution in [1.29, 1.82) is 0 Å². The molecule has 7 nitrogen and oxygen atoms in total. The van der Waals surface area contributed by atoms with Gasteiger partial charge >= 0.3 is 5.97 Å². The number of nitrogens with two attached hydrogens (primary N) is 1. The zero-order valence-corrected chi connectivity index (χ0v) is 15.6. The molecule has 26 heavy (non-hydrogen) atoms. The molecule has 140 valence electrons. The SMILES string of the molecule is CCOC(=O)c1cc(S(=O)(=O)N2C[C@@H](N)[C@H](c3ccccc3)C2)cn1C. The molecule has 2 aromatic rings. The number of hydrogen-bond acceptors (Lipinski definition) is 5. The molecule has 0 radical (unpaired) electrons. The van der Waals surface area contributed by atoms with Crippen molar-refractivity contribution in [3.8, 4) is 0 Å². The Kier molecular flexibility index (Phi) is 5.17. The van der Waals surface area contributed by atoms with Crippen LogP contribution in [0.15, 0.2) is 47.5 Å². The van der Waals surface area contributed by atoms with E-state index < -0.39 is 16.0 Å². The number of aryl methyl sites for hydroxylation is 1. The van der Waals surface area contributed by atoms with Crippen molar-refractivity contribution in [1.82, 2.24) is 8.87 Å². The molecule has 0 saturated carbocycles. The van der Waals surface area contributed by atoms with Gasteiger partial charge in [0.05, 0.1) is 6.61 Å². The number of hydrogen-bond donors (Lipinski definition) is 1. The monoisotopic (exact) mass is 377 g/mol. The summed E-state index contributed by atoms with van der Waals surface area (Å²) in [5.41, 5.74) is 7.44. The predicted octanol–water partition coefficient (Wildman–Crippen LogP) is 1.32. The quantitative estimate of drug-likeness (QED) is 0.793. The van der Waals surface area contributed by atoms with Gasteiger partial charge in [0.2, 0.25) is 10.0 Å². The van der Waals surface area contributed by atoms with Crippen molar-refractivity contribution in [2.24, 2.45) is 12.8 Å². The third-order valence-electron chi connectivity index (χ3n) is 4.66. The van der Waals surface area contributed by atoms with E-state index in [1.165, 1.54) is 21.1 Å². The molecule has 0 amide bonds. The number of nitrogens with zero attached hydrogens (tertiary/aromatic N) is 2. The normalized spacial score (nSPS) is 21.0. The van der Waals surface area contributed by atoms with Gasteiger partial charge in [-0.25, -0.2) is 13.2 Å². The average Bonchev–Trinajstić information content (AvgIpc) is 3.20. The number of carbonyl (C=O) groups excluding carboxylic acids is 1. The molecule has 1 aromatic heterocycles. The fraction of sp³-hybridized carbons (Fsp3) is 0.389. The maximum Gasteiger partial charge on any atom is 0.354 e. The molecule has 1 aliphatic rings. The Balaban J connectivity index is 1.85. The van der Waals surface area contributed by atoms with Crippen molar-refractivity contribution in [2.45, 2.75) is 23.8 Å². The van der Waals surface area contributed by atoms with E-state index in [0.717, 1.165) is 5.56 Å². The molecule has 3 rings (SSSR count). The van der Waals surface area contributed by atoms with Gasteiger partial charge < -0.3 is 15.0 Å². The van der Waals surface area contributed by atoms with Crippen LogP contribution in [0.3, 0.4) is 0 Å². The van der Waals surface area contributed by atoms with Gasteiger partial charge in [0.15, 0.2) is 0 Å². The summed E-state index contributed by atoms with van der Waals surface area (Å²) in [5, 5.41) is 0. The molecule has 2 N–H and O–H groups in total. The summed E-state index contributed by atoms with van der Waals surface area (Å²) >= 11 is 0. The van der Waals surface area contributed by atoms with Crippen LogP contribution in [-0.2, 0) is 21.8 Å². The van der Waals surface area contributed by atoms with Gasteiger partial charge in [0, 0.05) is 38.3 Å². The lowest BCUT2D eigenvalue weighted by Crippen LogP contribution is -2.32. The van der Waals surface area contributed by atoms with Crippen LogP contribution in [0.5, 0.6) is 0 Å². The number of rotatable bonds is 5. The highest BCUT2D eigenvalue weighted by Crippen LogP contribution is 2.31. The van der Waals surface area contributed by atoms with Crippen molar-refractivity contribution >= 4 is 16.0 Å². The van der Waals surface area contributed by atoms with E-state index in [0.29, 0.717) is 6.54 Å². The third kappa shape index (κ3) is 3.40. The fourth-order valence-corrected chi connectivity index (χ4v) is 4.85. The maximum atomic E-state index is 13.0. The molecule has 8 heteroatoms. The van der Waals surface area contributed by atoms with E-state index in [1.54, 1.807) is 14.0 Å². The lowest BCUT2D eigenvalue weighted by Gasteiger charge is -2.15. The Labute approximate surface area is 153 Å². The molecular weight excluding hydrogens is 354 g/mol. The third-order valence-corrected chi connectivity index (χ3v) is 6.46. The van der Waals surface area contributed by atoms with Gasteiger partial charge in [0.1, 0.15) is 10.6 Å². The number of esters is 1. The Hall–Kier alpha value is -2.16. The van der Waals surface area contributed by atoms with Crippen molar-refractivity contribution in [3.05, 3.63) is 53.9 Å². The van der Waals surface area contributed by atoms with Gasteiger partial charge in [0.25, 0.3) is 0 Å². The lowest BCUT2D eigenvalue weighted by molar-refractivity contribution is 0.0515. The number of ether oxygens (including phenoxy) is 1. The van der Waals surface area contributed by atoms with E-state index >= 15 is 0 Å². The number of benzene rings is 1. The van der Waals surface area contributed by atoms with Gasteiger partial charge in [-0.15, -0.1) is 0 Å². The van der Waals surface area contributed by atoms with Crippen molar-refractivity contribution in [2.75, 3.05) is 19.7 Å². The van der Waals surface area contributed by atoms with Crippen molar-refractivity contribution in [3.63, 3.8) is 0 Å². The summed E-state index contributed by atoms with van der Waals surface area (Å²) in [5.74, 6) is -0.601. The first-order valence-corrected chi connectivity index (χ1v) is 9.92. The largest absolute Gasteiger partial charge is 0.461 e. The minimum Gasteiger partial charge on any atom is -0.461 e. The molecule has 0 aliphatic carbocycles. The molecule has 1 aromatic carbocycles. The minimum atomic E-state index is -3.74. The Morgan fingerprint density at radius 2 is 1.96 bits per heavy atom. The molecule has 1 fully saturated rings. The Morgan fingerprint density at radius 1 is 1.27 bits per heavy atom. The second-order valence-corrected chi connectivity index (χ2v) is 8.33. The summed E-state index contributed by atoms with van der Waals surface area (Å²) in [6.07, 6.45) is 1.43. The summed E-state index contributed by atoms with van der Waals surface area (Å²) in [7, 11) is -2.12. The van der Waals surface area contributed by atoms with Crippen LogP contribution in [0.1, 0.15) is 28.9 Å². The first-order chi connectivity index (χ1) is 12.3. The first-order valence-electron chi connectivity index (χ1n) is 8.48. The van der Waals surface area contributed by atoms with Crippen LogP contribution in [0, 0.1) is 0 Å². The first kappa shape index (κ1) is 18.6. The Bertz CT molecular complexity index is 892. The maximum absolute atomic E-state index is 13.0. The minimum absolute atomic E-state index is 0.0563. The Morgan fingerprint density at radius 3 is 2.62 bits per heavy atom. The molecule has 2 heterocycles. The highest BCUT2D eigenvalue weighted by Gasteiger charge is 2.39. The smallest absolute Gasteiger partial charge is 0.354 e. The summed E-state index contributed by atoms with van der Waals surface area (Å²) in [4.78, 5) is 12.0. The second-order valence-electron chi connectivity index (χ2n) is 6.40. The standard InChI is InChI=1S/C18H23N3O4S/c1-3-25-18(22)17-9-14(10-20(17)2)26(23,24)21-11-15(16(19)12-21)13-7-5-4-6-8-13/h4-10,15-16H,3,11-12,19H2,1-2H3/t15-,16+/m0/s1. The van der Waals surface area contributed by atoms with Gasteiger partial charge in [-0.05, 0) is 18.6 Å². The van der Waals surface area contributed by atoms with Gasteiger partial charge in [-0.2, -0.15) is 4.31 Å². The highest BCUT2D eigenvalue weighted by atomic mass is 32.2. The van der Waals surface area contributed by atoms with Crippen LogP contribution >= 0.6 is 0 Å². The van der Waals surface area contributed by atoms with Crippen molar-refractivity contribution < 1.29 is 17.9 Å². The summed E-state index contributed by atoms with van der Waals surface area (Å²) < 4.78 is 33.8. The number of aromatic nitrogens is 1. The zero-order chi connectivity index (χ0) is 18.9. The topological polar surface area (TPSA) is 94.6 Å². The number of sulfonamides is 1. The molecule has 0 unspecified atom stereocenters. The molecule has 0 spiro atoms. The average molecular weight is 377 g/mol. The van der Waals surface area contributed by atoms with E-state index in [-0.39, 0.29) is 35.7 Å². The number of carbonyl (C=O) groups is 1. The van der Waals surface area contributed by atoms with Crippen LogP contribution in [0.4, 0.5) is 0 Å². The second kappa shape index (κ2) is 7.22. The predicted molar refractivity (Wildman–Crippen MR) is 97.3 cm³/mol. The van der Waals surface area contributed by atoms with E-state index in [4.69, 9.17) is 10.5 Å². The lowest BCUT2D eigenvalue weighted by atomic mass is 9.95. The van der Waals surface area contributed by atoms with Crippen LogP contribution in [0.2, 0.25) is 0 Å². The van der Waals surface area contributed by atoms with E-state index in [2.05, 4.69) is 0 Å². The fourth-order valence-electron chi connectivity index (χ4n) is 3.27. The van der Waals surface area contributed by atoms with Crippen LogP contribution in [-0.4, -0.2) is 49.0 Å². The zero-order valence-electron chi connectivity index (χ0n) is 14.8. The van der Waals surface area contributed by atoms with E-state index in [9.17, 15) is 13.2 Å². The molecule has 0 bridgehead atoms.